The molecule has 0 aliphatic carbocycles. The maximum atomic E-state index is 12.7. The van der Waals surface area contributed by atoms with E-state index in [1.807, 2.05) is 18.2 Å². The van der Waals surface area contributed by atoms with Gasteiger partial charge in [-0.2, -0.15) is 18.3 Å². The van der Waals surface area contributed by atoms with Crippen LogP contribution in [0.4, 0.5) is 13.2 Å². The molecular weight excluding hydrogens is 425 g/mol. The molecule has 4 rings (SSSR count). The van der Waals surface area contributed by atoms with E-state index in [2.05, 4.69) is 31.0 Å². The molecule has 0 N–H and O–H groups in total. The van der Waals surface area contributed by atoms with Crippen LogP contribution in [-0.4, -0.2) is 19.6 Å². The topological polar surface area (TPSA) is 52.3 Å². The van der Waals surface area contributed by atoms with E-state index in [0.29, 0.717) is 5.56 Å². The summed E-state index contributed by atoms with van der Waals surface area (Å²) in [5.74, 6) is 0.384. The second-order valence-corrected chi connectivity index (χ2v) is 6.39. The fourth-order valence-corrected chi connectivity index (χ4v) is 2.96. The first-order valence-corrected chi connectivity index (χ1v) is 8.51. The van der Waals surface area contributed by atoms with Crippen molar-refractivity contribution in [1.29, 1.82) is 0 Å². The number of hydrogen-bond donors (Lipinski definition) is 0. The van der Waals surface area contributed by atoms with Crippen molar-refractivity contribution in [3.05, 3.63) is 71.2 Å². The molecule has 0 spiro atoms. The van der Waals surface area contributed by atoms with Crippen LogP contribution in [0.2, 0.25) is 0 Å². The molecule has 27 heavy (non-hydrogen) atoms. The zero-order valence-corrected chi connectivity index (χ0v) is 15.1. The number of aromatic nitrogens is 4. The Bertz CT molecular complexity index is 1110. The fourth-order valence-electron chi connectivity index (χ4n) is 2.57. The monoisotopic (exact) mass is 434 g/mol. The first-order valence-electron chi connectivity index (χ1n) is 7.72. The van der Waals surface area contributed by atoms with Crippen LogP contribution in [0.25, 0.3) is 16.8 Å². The number of hydrogen-bond acceptors (Lipinski definition) is 4. The summed E-state index contributed by atoms with van der Waals surface area (Å²) in [5.41, 5.74) is 1.24. The lowest BCUT2D eigenvalue weighted by molar-refractivity contribution is -0.141. The molecule has 0 bridgehead atoms. The highest BCUT2D eigenvalue weighted by atomic mass is 79.9. The second-order valence-electron chi connectivity index (χ2n) is 5.54. The van der Waals surface area contributed by atoms with Gasteiger partial charge in [-0.15, -0.1) is 0 Å². The third-order valence-corrected chi connectivity index (χ3v) is 4.40. The van der Waals surface area contributed by atoms with Crippen LogP contribution in [-0.2, 0) is 6.18 Å². The Morgan fingerprint density at radius 2 is 1.81 bits per heavy atom. The van der Waals surface area contributed by atoms with Gasteiger partial charge in [0.25, 0.3) is 0 Å². The van der Waals surface area contributed by atoms with E-state index >= 15 is 0 Å². The van der Waals surface area contributed by atoms with Crippen LogP contribution in [0, 0.1) is 0 Å². The van der Waals surface area contributed by atoms with Crippen LogP contribution in [0.3, 0.4) is 0 Å². The number of nitrogens with zero attached hydrogens (tertiary/aromatic N) is 4. The van der Waals surface area contributed by atoms with Crippen molar-refractivity contribution in [2.24, 2.45) is 0 Å². The number of rotatable bonds is 3. The number of fused-ring (bicyclic) bond motifs is 1. The normalized spacial score (nSPS) is 11.7. The Balaban J connectivity index is 1.73. The summed E-state index contributed by atoms with van der Waals surface area (Å²) in [4.78, 5) is 7.61. The molecule has 0 saturated heterocycles. The Hall–Kier alpha value is -2.94. The van der Waals surface area contributed by atoms with Crippen molar-refractivity contribution in [3.8, 4) is 22.9 Å². The SMILES string of the molecule is FC(F)(F)c1ccc(Oc2ncccc2-c2cccc3c(Br)cnn23)cn1. The van der Waals surface area contributed by atoms with E-state index < -0.39 is 11.9 Å². The highest BCUT2D eigenvalue weighted by molar-refractivity contribution is 9.10. The smallest absolute Gasteiger partial charge is 0.433 e. The van der Waals surface area contributed by atoms with E-state index in [1.165, 1.54) is 12.3 Å². The minimum Gasteiger partial charge on any atom is -0.437 e. The average molecular weight is 435 g/mol. The molecular formula is C18H10BrF3N4O. The number of alkyl halides is 3. The lowest BCUT2D eigenvalue weighted by Crippen LogP contribution is -2.07. The molecule has 4 heterocycles. The van der Waals surface area contributed by atoms with Gasteiger partial charge >= 0.3 is 6.18 Å². The lowest BCUT2D eigenvalue weighted by atomic mass is 10.1. The molecule has 0 aromatic carbocycles. The number of halogens is 4. The Morgan fingerprint density at radius 1 is 0.963 bits per heavy atom. The molecule has 4 aromatic rings. The number of ether oxygens (including phenoxy) is 1. The van der Waals surface area contributed by atoms with Gasteiger partial charge in [0.05, 0.1) is 33.6 Å². The third-order valence-electron chi connectivity index (χ3n) is 3.78. The van der Waals surface area contributed by atoms with E-state index in [-0.39, 0.29) is 11.6 Å². The van der Waals surface area contributed by atoms with Gasteiger partial charge in [-0.25, -0.2) is 14.5 Å². The largest absolute Gasteiger partial charge is 0.437 e. The first-order chi connectivity index (χ1) is 12.9. The molecule has 0 amide bonds. The first kappa shape index (κ1) is 17.5. The summed E-state index contributed by atoms with van der Waals surface area (Å²) in [6, 6.07) is 11.2. The molecule has 136 valence electrons. The van der Waals surface area contributed by atoms with Crippen LogP contribution in [0.5, 0.6) is 11.6 Å². The van der Waals surface area contributed by atoms with E-state index in [9.17, 15) is 13.2 Å². The van der Waals surface area contributed by atoms with E-state index in [0.717, 1.165) is 27.9 Å². The maximum Gasteiger partial charge on any atom is 0.433 e. The van der Waals surface area contributed by atoms with Gasteiger partial charge in [-0.1, -0.05) is 6.07 Å². The van der Waals surface area contributed by atoms with Gasteiger partial charge in [0, 0.05) is 6.20 Å². The van der Waals surface area contributed by atoms with Gasteiger partial charge in [-0.3, -0.25) is 0 Å². The van der Waals surface area contributed by atoms with Gasteiger partial charge in [0.2, 0.25) is 5.88 Å². The van der Waals surface area contributed by atoms with Crippen LogP contribution in [0.1, 0.15) is 5.69 Å². The Morgan fingerprint density at radius 3 is 2.56 bits per heavy atom. The standard InChI is InChI=1S/C18H10BrF3N4O/c19-13-10-25-26-14(4-1-5-15(13)26)12-3-2-8-23-17(12)27-11-6-7-16(24-9-11)18(20,21)22/h1-10H. The summed E-state index contributed by atoms with van der Waals surface area (Å²) in [6.45, 7) is 0. The summed E-state index contributed by atoms with van der Waals surface area (Å²) in [5, 5.41) is 4.33. The third kappa shape index (κ3) is 3.37. The second kappa shape index (κ2) is 6.66. The van der Waals surface area contributed by atoms with Crippen molar-refractivity contribution in [3.63, 3.8) is 0 Å². The predicted molar refractivity (Wildman–Crippen MR) is 95.4 cm³/mol. The van der Waals surface area contributed by atoms with Crippen molar-refractivity contribution in [2.75, 3.05) is 0 Å². The minimum atomic E-state index is -4.50. The van der Waals surface area contributed by atoms with Crippen molar-refractivity contribution in [2.45, 2.75) is 6.18 Å². The van der Waals surface area contributed by atoms with Gasteiger partial charge < -0.3 is 4.74 Å². The summed E-state index contributed by atoms with van der Waals surface area (Å²) >= 11 is 3.44. The fraction of sp³-hybridized carbons (Fsp3) is 0.0556. The number of pyridine rings is 3. The molecule has 0 fully saturated rings. The zero-order valence-electron chi connectivity index (χ0n) is 13.5. The van der Waals surface area contributed by atoms with Crippen molar-refractivity contribution >= 4 is 21.4 Å². The van der Waals surface area contributed by atoms with Crippen LogP contribution < -0.4 is 4.74 Å². The molecule has 0 saturated carbocycles. The average Bonchev–Trinajstić information content (AvgIpc) is 3.03. The Kier molecular flexibility index (Phi) is 4.31. The maximum absolute atomic E-state index is 12.7. The van der Waals surface area contributed by atoms with Gasteiger partial charge in [0.1, 0.15) is 11.4 Å². The van der Waals surface area contributed by atoms with Crippen LogP contribution in [0.15, 0.2) is 65.5 Å². The molecule has 0 atom stereocenters. The molecule has 0 aliphatic rings. The molecule has 0 unspecified atom stereocenters. The van der Waals surface area contributed by atoms with Crippen molar-refractivity contribution in [1.82, 2.24) is 19.6 Å². The molecule has 4 aromatic heterocycles. The summed E-state index contributed by atoms with van der Waals surface area (Å²) < 4.78 is 46.2. The Labute approximate surface area is 159 Å². The highest BCUT2D eigenvalue weighted by Crippen LogP contribution is 2.33. The quantitative estimate of drug-likeness (QED) is 0.435. The highest BCUT2D eigenvalue weighted by Gasteiger charge is 2.32. The molecule has 5 nitrogen and oxygen atoms in total. The van der Waals surface area contributed by atoms with Crippen molar-refractivity contribution < 1.29 is 17.9 Å². The molecule has 0 radical (unpaired) electrons. The predicted octanol–water partition coefficient (Wildman–Crippen LogP) is 5.36. The molecule has 0 aliphatic heterocycles. The zero-order chi connectivity index (χ0) is 19.0. The van der Waals surface area contributed by atoms with Gasteiger partial charge in [-0.05, 0) is 52.3 Å². The van der Waals surface area contributed by atoms with Crippen LogP contribution >= 0.6 is 15.9 Å². The van der Waals surface area contributed by atoms with E-state index in [1.54, 1.807) is 22.8 Å². The summed E-state index contributed by atoms with van der Waals surface area (Å²) in [7, 11) is 0. The van der Waals surface area contributed by atoms with E-state index in [4.69, 9.17) is 4.74 Å². The lowest BCUT2D eigenvalue weighted by Gasteiger charge is -2.12. The minimum absolute atomic E-state index is 0.150. The molecule has 9 heteroatoms. The van der Waals surface area contributed by atoms with Gasteiger partial charge in [0.15, 0.2) is 0 Å². The summed E-state index contributed by atoms with van der Waals surface area (Å²) in [6.07, 6.45) is -0.269.